The van der Waals surface area contributed by atoms with Gasteiger partial charge in [-0.3, -0.25) is 4.67 Å². The maximum absolute atomic E-state index is 9.30. The Bertz CT molecular complexity index is 108. The highest BCUT2D eigenvalue weighted by molar-refractivity contribution is 7.53. The Balaban J connectivity index is 2.32. The highest BCUT2D eigenvalue weighted by Crippen LogP contribution is 2.33. The van der Waals surface area contributed by atoms with Gasteiger partial charge in [0.25, 0.3) is 0 Å². The molecule has 0 aromatic rings. The van der Waals surface area contributed by atoms with E-state index in [1.54, 1.807) is 0 Å². The van der Waals surface area contributed by atoms with E-state index in [0.717, 1.165) is 13.0 Å². The minimum Gasteiger partial charge on any atom is -0.392 e. The van der Waals surface area contributed by atoms with Crippen LogP contribution in [-0.4, -0.2) is 42.3 Å². The molecule has 1 rings (SSSR count). The standard InChI is InChI=1S/C7H16NOP/c1-10(2)8-5-3-4-7(9)6-8/h7,9H,3-6H2,1-2H3. The van der Waals surface area contributed by atoms with Gasteiger partial charge in [-0.25, -0.2) is 0 Å². The number of hydrogen-bond acceptors (Lipinski definition) is 2. The molecule has 0 aromatic heterocycles. The summed E-state index contributed by atoms with van der Waals surface area (Å²) in [6, 6.07) is 0. The molecule has 1 saturated heterocycles. The Morgan fingerprint density at radius 2 is 2.20 bits per heavy atom. The van der Waals surface area contributed by atoms with E-state index in [1.165, 1.54) is 13.0 Å². The summed E-state index contributed by atoms with van der Waals surface area (Å²) in [5, 5.41) is 9.30. The summed E-state index contributed by atoms with van der Waals surface area (Å²) in [7, 11) is 0.0281. The molecule has 1 N–H and O–H groups in total. The number of β-amino-alcohol motifs (C(OH)–C–C–N with tert-alkyl or cyclic N) is 1. The highest BCUT2D eigenvalue weighted by atomic mass is 31.1. The normalized spacial score (nSPS) is 29.4. The molecule has 1 atom stereocenters. The summed E-state index contributed by atoms with van der Waals surface area (Å²) >= 11 is 0. The van der Waals surface area contributed by atoms with Crippen LogP contribution in [0, 0.1) is 0 Å². The second kappa shape index (κ2) is 3.66. The largest absolute Gasteiger partial charge is 0.392 e. The fourth-order valence-electron chi connectivity index (χ4n) is 1.30. The van der Waals surface area contributed by atoms with Crippen LogP contribution in [0.15, 0.2) is 0 Å². The Morgan fingerprint density at radius 3 is 2.60 bits per heavy atom. The molecular formula is C7H16NOP. The van der Waals surface area contributed by atoms with Crippen LogP contribution in [-0.2, 0) is 0 Å². The van der Waals surface area contributed by atoms with Crippen molar-refractivity contribution >= 4 is 8.07 Å². The third kappa shape index (κ3) is 2.19. The van der Waals surface area contributed by atoms with E-state index in [1.807, 2.05) is 0 Å². The lowest BCUT2D eigenvalue weighted by Gasteiger charge is -2.32. The first-order valence-electron chi connectivity index (χ1n) is 3.80. The molecular weight excluding hydrogens is 145 g/mol. The summed E-state index contributed by atoms with van der Waals surface area (Å²) in [4.78, 5) is 0. The van der Waals surface area contributed by atoms with Crippen molar-refractivity contribution in [3.05, 3.63) is 0 Å². The smallest absolute Gasteiger partial charge is 0.0670 e. The third-order valence-corrected chi connectivity index (χ3v) is 3.44. The van der Waals surface area contributed by atoms with Crippen LogP contribution in [0.5, 0.6) is 0 Å². The zero-order valence-corrected chi connectivity index (χ0v) is 7.64. The molecule has 0 radical (unpaired) electrons. The molecule has 0 spiro atoms. The van der Waals surface area contributed by atoms with Gasteiger partial charge in [-0.15, -0.1) is 0 Å². The van der Waals surface area contributed by atoms with Gasteiger partial charge in [0.15, 0.2) is 0 Å². The van der Waals surface area contributed by atoms with E-state index in [0.29, 0.717) is 0 Å². The summed E-state index contributed by atoms with van der Waals surface area (Å²) in [5.74, 6) is 0. The minimum absolute atomic E-state index is 0.0281. The van der Waals surface area contributed by atoms with Crippen LogP contribution in [0.4, 0.5) is 0 Å². The van der Waals surface area contributed by atoms with Crippen LogP contribution >= 0.6 is 8.07 Å². The number of rotatable bonds is 1. The first-order valence-corrected chi connectivity index (χ1v) is 5.99. The zero-order chi connectivity index (χ0) is 7.56. The lowest BCUT2D eigenvalue weighted by molar-refractivity contribution is 0.110. The van der Waals surface area contributed by atoms with Crippen LogP contribution in [0.25, 0.3) is 0 Å². The van der Waals surface area contributed by atoms with Crippen molar-refractivity contribution < 1.29 is 5.11 Å². The van der Waals surface area contributed by atoms with Crippen LogP contribution in [0.2, 0.25) is 0 Å². The first-order chi connectivity index (χ1) is 4.70. The number of nitrogens with zero attached hydrogens (tertiary/aromatic N) is 1. The van der Waals surface area contributed by atoms with Gasteiger partial charge in [-0.1, -0.05) is 0 Å². The van der Waals surface area contributed by atoms with Gasteiger partial charge >= 0.3 is 0 Å². The Morgan fingerprint density at radius 1 is 1.50 bits per heavy atom. The van der Waals surface area contributed by atoms with E-state index >= 15 is 0 Å². The first kappa shape index (κ1) is 8.45. The van der Waals surface area contributed by atoms with Crippen molar-refractivity contribution in [3.8, 4) is 0 Å². The highest BCUT2D eigenvalue weighted by Gasteiger charge is 2.18. The summed E-state index contributed by atoms with van der Waals surface area (Å²) in [6.07, 6.45) is 2.11. The average Bonchev–Trinajstić information content (AvgIpc) is 1.88. The fourth-order valence-corrected chi connectivity index (χ4v) is 2.36. The molecule has 0 aliphatic carbocycles. The van der Waals surface area contributed by atoms with Crippen LogP contribution < -0.4 is 0 Å². The Labute approximate surface area is 64.0 Å². The van der Waals surface area contributed by atoms with E-state index in [-0.39, 0.29) is 14.2 Å². The molecule has 1 fully saturated rings. The van der Waals surface area contributed by atoms with Gasteiger partial charge < -0.3 is 5.11 Å². The minimum atomic E-state index is -0.0568. The fraction of sp³-hybridized carbons (Fsp3) is 1.00. The molecule has 1 unspecified atom stereocenters. The zero-order valence-electron chi connectivity index (χ0n) is 6.75. The van der Waals surface area contributed by atoms with E-state index < -0.39 is 0 Å². The number of piperidine rings is 1. The predicted molar refractivity (Wildman–Crippen MR) is 45.6 cm³/mol. The molecule has 1 aliphatic heterocycles. The van der Waals surface area contributed by atoms with Gasteiger partial charge in [0, 0.05) is 13.1 Å². The van der Waals surface area contributed by atoms with E-state index in [9.17, 15) is 5.11 Å². The van der Waals surface area contributed by atoms with Crippen LogP contribution in [0.1, 0.15) is 12.8 Å². The van der Waals surface area contributed by atoms with E-state index in [2.05, 4.69) is 18.0 Å². The third-order valence-electron chi connectivity index (χ3n) is 1.94. The lowest BCUT2D eigenvalue weighted by Crippen LogP contribution is -2.34. The number of hydrogen-bond donors (Lipinski definition) is 1. The van der Waals surface area contributed by atoms with Gasteiger partial charge in [0.2, 0.25) is 0 Å². The van der Waals surface area contributed by atoms with Gasteiger partial charge in [0.05, 0.1) is 6.10 Å². The van der Waals surface area contributed by atoms with Gasteiger partial charge in [-0.05, 0) is 34.2 Å². The second-order valence-electron chi connectivity index (χ2n) is 3.06. The monoisotopic (exact) mass is 161 g/mol. The molecule has 10 heavy (non-hydrogen) atoms. The topological polar surface area (TPSA) is 23.5 Å². The van der Waals surface area contributed by atoms with Gasteiger partial charge in [-0.2, -0.15) is 0 Å². The Kier molecular flexibility index (Phi) is 3.09. The van der Waals surface area contributed by atoms with Gasteiger partial charge in [0.1, 0.15) is 0 Å². The molecule has 0 amide bonds. The number of aliphatic hydroxyl groups excluding tert-OH is 1. The molecule has 1 aliphatic rings. The molecule has 0 bridgehead atoms. The Hall–Kier alpha value is 0.350. The van der Waals surface area contributed by atoms with Crippen molar-refractivity contribution in [2.45, 2.75) is 18.9 Å². The quantitative estimate of drug-likeness (QED) is 0.582. The van der Waals surface area contributed by atoms with E-state index in [4.69, 9.17) is 0 Å². The SMILES string of the molecule is CP(C)N1CCCC(O)C1. The van der Waals surface area contributed by atoms with Crippen molar-refractivity contribution in [1.29, 1.82) is 0 Å². The molecule has 1 heterocycles. The average molecular weight is 161 g/mol. The maximum Gasteiger partial charge on any atom is 0.0670 e. The van der Waals surface area contributed by atoms with Crippen molar-refractivity contribution in [2.24, 2.45) is 0 Å². The van der Waals surface area contributed by atoms with Crippen LogP contribution in [0.3, 0.4) is 0 Å². The molecule has 0 saturated carbocycles. The predicted octanol–water partition coefficient (Wildman–Crippen LogP) is 1.10. The van der Waals surface area contributed by atoms with Crippen molar-refractivity contribution in [2.75, 3.05) is 26.4 Å². The lowest BCUT2D eigenvalue weighted by atomic mass is 10.1. The molecule has 2 nitrogen and oxygen atoms in total. The maximum atomic E-state index is 9.30. The number of aliphatic hydroxyl groups is 1. The second-order valence-corrected chi connectivity index (χ2v) is 5.32. The molecule has 60 valence electrons. The molecule has 0 aromatic carbocycles. The summed E-state index contributed by atoms with van der Waals surface area (Å²) in [5.41, 5.74) is 0. The summed E-state index contributed by atoms with van der Waals surface area (Å²) in [6.45, 7) is 6.58. The summed E-state index contributed by atoms with van der Waals surface area (Å²) < 4.78 is 2.39. The van der Waals surface area contributed by atoms with Crippen molar-refractivity contribution in [1.82, 2.24) is 4.67 Å². The van der Waals surface area contributed by atoms with Crippen molar-refractivity contribution in [3.63, 3.8) is 0 Å². The molecule has 3 heteroatoms.